The van der Waals surface area contributed by atoms with Crippen LogP contribution in [0.4, 0.5) is 5.69 Å². The Kier molecular flexibility index (Phi) is 7.96. The minimum atomic E-state index is -3.65. The predicted molar refractivity (Wildman–Crippen MR) is 163 cm³/mol. The molecule has 7 heteroatoms. The monoisotopic (exact) mass is 563 g/mol. The summed E-state index contributed by atoms with van der Waals surface area (Å²) in [5, 5.41) is 10.0. The van der Waals surface area contributed by atoms with Crippen molar-refractivity contribution in [2.24, 2.45) is 0 Å². The summed E-state index contributed by atoms with van der Waals surface area (Å²) in [4.78, 5) is 12.8. The molecule has 2 N–H and O–H groups in total. The molecule has 1 aliphatic carbocycles. The van der Waals surface area contributed by atoms with Gasteiger partial charge in [-0.1, -0.05) is 36.4 Å². The summed E-state index contributed by atoms with van der Waals surface area (Å²) in [7, 11) is -3.65. The average molecular weight is 564 g/mol. The Morgan fingerprint density at radius 3 is 1.77 bits per heavy atom. The second-order valence-electron chi connectivity index (χ2n) is 12.2. The summed E-state index contributed by atoms with van der Waals surface area (Å²) in [6.07, 6.45) is -0.0800. The molecule has 1 saturated carbocycles. The van der Waals surface area contributed by atoms with Crippen LogP contribution in [0.5, 0.6) is 0 Å². The molecule has 0 bridgehead atoms. The van der Waals surface area contributed by atoms with Crippen LogP contribution < -0.4 is 4.72 Å². The molecule has 0 saturated heterocycles. The lowest BCUT2D eigenvalue weighted by Gasteiger charge is -2.31. The summed E-state index contributed by atoms with van der Waals surface area (Å²) >= 11 is 0. The number of hydrogen-bond acceptors (Lipinski definition) is 4. The van der Waals surface area contributed by atoms with E-state index in [0.29, 0.717) is 29.7 Å². The molecule has 0 heterocycles. The van der Waals surface area contributed by atoms with Crippen molar-refractivity contribution in [3.8, 4) is 22.3 Å². The summed E-state index contributed by atoms with van der Waals surface area (Å²) in [6, 6.07) is 12.2. The molecule has 40 heavy (non-hydrogen) atoms. The number of sulfonamides is 1. The highest BCUT2D eigenvalue weighted by molar-refractivity contribution is 7.93. The first kappa shape index (κ1) is 29.8. The minimum Gasteiger partial charge on any atom is -0.479 e. The van der Waals surface area contributed by atoms with Crippen LogP contribution >= 0.6 is 0 Å². The van der Waals surface area contributed by atoms with Crippen LogP contribution in [0.1, 0.15) is 78.7 Å². The van der Waals surface area contributed by atoms with Crippen molar-refractivity contribution in [1.29, 1.82) is 0 Å². The summed E-state index contributed by atoms with van der Waals surface area (Å²) in [6.45, 7) is 17.4. The molecule has 3 aromatic carbocycles. The van der Waals surface area contributed by atoms with Crippen LogP contribution in [0.2, 0.25) is 0 Å². The zero-order chi connectivity index (χ0) is 29.7. The van der Waals surface area contributed by atoms with Gasteiger partial charge in [-0.15, -0.1) is 0 Å². The fraction of sp³-hybridized carbons (Fsp3) is 0.424. The fourth-order valence-corrected chi connectivity index (χ4v) is 6.66. The van der Waals surface area contributed by atoms with Crippen molar-refractivity contribution in [3.05, 3.63) is 75.3 Å². The topological polar surface area (TPSA) is 92.7 Å². The second-order valence-corrected chi connectivity index (χ2v) is 14.1. The third-order valence-corrected chi connectivity index (χ3v) is 9.64. The van der Waals surface area contributed by atoms with Gasteiger partial charge in [-0.2, -0.15) is 0 Å². The maximum absolute atomic E-state index is 13.4. The Balaban J connectivity index is 2.17. The van der Waals surface area contributed by atoms with Crippen molar-refractivity contribution >= 4 is 21.7 Å². The number of anilines is 1. The molecule has 1 atom stereocenters. The number of aliphatic carboxylic acids is 1. The highest BCUT2D eigenvalue weighted by Gasteiger charge is 2.39. The first-order chi connectivity index (χ1) is 18.5. The quantitative estimate of drug-likeness (QED) is 0.293. The predicted octanol–water partition coefficient (Wildman–Crippen LogP) is 7.72. The van der Waals surface area contributed by atoms with Gasteiger partial charge in [-0.25, -0.2) is 13.2 Å². The molecule has 3 aromatic rings. The van der Waals surface area contributed by atoms with Crippen molar-refractivity contribution < 1.29 is 23.1 Å². The largest absolute Gasteiger partial charge is 0.479 e. The molecule has 6 nitrogen and oxygen atoms in total. The Labute approximate surface area is 238 Å². The van der Waals surface area contributed by atoms with E-state index in [2.05, 4.69) is 16.9 Å². The van der Waals surface area contributed by atoms with E-state index in [0.717, 1.165) is 50.1 Å². The molecule has 1 fully saturated rings. The maximum atomic E-state index is 13.4. The average Bonchev–Trinajstić information content (AvgIpc) is 3.69. The Hall–Kier alpha value is -3.16. The van der Waals surface area contributed by atoms with E-state index < -0.39 is 32.9 Å². The zero-order valence-corrected chi connectivity index (χ0v) is 25.8. The molecule has 1 unspecified atom stereocenters. The van der Waals surface area contributed by atoms with Crippen molar-refractivity contribution in [2.45, 2.75) is 92.1 Å². The molecule has 0 aromatic heterocycles. The highest BCUT2D eigenvalue weighted by atomic mass is 32.2. The van der Waals surface area contributed by atoms with E-state index in [1.807, 2.05) is 79.7 Å². The molecule has 0 amide bonds. The molecule has 0 spiro atoms. The summed E-state index contributed by atoms with van der Waals surface area (Å²) in [5.74, 6) is -1.13. The molecule has 0 aliphatic heterocycles. The lowest BCUT2D eigenvalue weighted by molar-refractivity contribution is -0.160. The molecule has 1 aliphatic rings. The van der Waals surface area contributed by atoms with Crippen LogP contribution in [-0.4, -0.2) is 30.3 Å². The van der Waals surface area contributed by atoms with E-state index in [1.165, 1.54) is 0 Å². The van der Waals surface area contributed by atoms with Crippen LogP contribution in [0.25, 0.3) is 22.3 Å². The maximum Gasteiger partial charge on any atom is 0.337 e. The van der Waals surface area contributed by atoms with E-state index in [-0.39, 0.29) is 0 Å². The number of ether oxygens (including phenoxy) is 1. The smallest absolute Gasteiger partial charge is 0.337 e. The molecule has 214 valence electrons. The van der Waals surface area contributed by atoms with Crippen LogP contribution in [0.3, 0.4) is 0 Å². The SMILES string of the molecule is Cc1ccc(-c2c(C)c(-c3ccc(C)c(C)c3)c(C(OC(C)(C)C)C(=O)O)c(C)c2NS(=O)(=O)C2CC2)cc1C. The Bertz CT molecular complexity index is 1590. The summed E-state index contributed by atoms with van der Waals surface area (Å²) < 4.78 is 35.8. The van der Waals surface area contributed by atoms with Gasteiger partial charge in [0.2, 0.25) is 10.0 Å². The zero-order valence-electron chi connectivity index (χ0n) is 25.0. The standard InChI is InChI=1S/C33H41NO5S/c1-18-10-12-24(16-20(18)3)27-22(5)28(25-13-11-19(2)21(4)17-25)30(34-40(37,38)26-14-15-26)23(6)29(27)31(32(35)36)39-33(7,8)9/h10-13,16-17,26,31,34H,14-15H2,1-9H3,(H,35,36). The number of carboxylic acid groups (broad SMARTS) is 1. The third-order valence-electron chi connectivity index (χ3n) is 7.80. The molecular formula is C33H41NO5S. The number of carboxylic acids is 1. The summed E-state index contributed by atoms with van der Waals surface area (Å²) in [5.41, 5.74) is 9.13. The number of aryl methyl sites for hydroxylation is 4. The van der Waals surface area contributed by atoms with Gasteiger partial charge in [0, 0.05) is 11.1 Å². The molecular weight excluding hydrogens is 522 g/mol. The van der Waals surface area contributed by atoms with Gasteiger partial charge < -0.3 is 9.84 Å². The van der Waals surface area contributed by atoms with E-state index >= 15 is 0 Å². The van der Waals surface area contributed by atoms with Gasteiger partial charge in [0.1, 0.15) is 0 Å². The van der Waals surface area contributed by atoms with E-state index in [4.69, 9.17) is 4.74 Å². The first-order valence-corrected chi connectivity index (χ1v) is 15.3. The van der Waals surface area contributed by atoms with Crippen LogP contribution in [0.15, 0.2) is 36.4 Å². The third kappa shape index (κ3) is 5.96. The normalized spacial score (nSPS) is 14.7. The Morgan fingerprint density at radius 2 is 1.35 bits per heavy atom. The molecule has 4 rings (SSSR count). The van der Waals surface area contributed by atoms with Gasteiger partial charge in [0.15, 0.2) is 6.10 Å². The van der Waals surface area contributed by atoms with Gasteiger partial charge in [0.25, 0.3) is 0 Å². The van der Waals surface area contributed by atoms with Crippen molar-refractivity contribution in [2.75, 3.05) is 4.72 Å². The number of nitrogens with one attached hydrogen (secondary N) is 1. The Morgan fingerprint density at radius 1 is 0.850 bits per heavy atom. The number of hydrogen-bond donors (Lipinski definition) is 2. The van der Waals surface area contributed by atoms with Crippen LogP contribution in [0, 0.1) is 41.5 Å². The van der Waals surface area contributed by atoms with Gasteiger partial charge >= 0.3 is 5.97 Å². The van der Waals surface area contributed by atoms with Crippen molar-refractivity contribution in [1.82, 2.24) is 0 Å². The van der Waals surface area contributed by atoms with Gasteiger partial charge in [-0.05, 0) is 125 Å². The van der Waals surface area contributed by atoms with E-state index in [9.17, 15) is 18.3 Å². The van der Waals surface area contributed by atoms with Crippen LogP contribution in [-0.2, 0) is 19.6 Å². The lowest BCUT2D eigenvalue weighted by atomic mass is 9.81. The number of rotatable bonds is 8. The lowest BCUT2D eigenvalue weighted by Crippen LogP contribution is -2.29. The van der Waals surface area contributed by atoms with E-state index in [1.54, 1.807) is 6.92 Å². The fourth-order valence-electron chi connectivity index (χ4n) is 5.20. The molecule has 0 radical (unpaired) electrons. The highest BCUT2D eigenvalue weighted by Crippen LogP contribution is 2.48. The minimum absolute atomic E-state index is 0.416. The van der Waals surface area contributed by atoms with Gasteiger partial charge in [-0.3, -0.25) is 4.72 Å². The van der Waals surface area contributed by atoms with Crippen molar-refractivity contribution in [3.63, 3.8) is 0 Å². The number of carbonyl (C=O) groups is 1. The first-order valence-electron chi connectivity index (χ1n) is 13.8. The second kappa shape index (κ2) is 10.7. The number of benzene rings is 3. The van der Waals surface area contributed by atoms with Gasteiger partial charge in [0.05, 0.1) is 16.5 Å².